The fraction of sp³-hybridized carbons (Fsp3) is 0.176. The molecule has 23 heavy (non-hydrogen) atoms. The molecule has 0 bridgehead atoms. The third-order valence-corrected chi connectivity index (χ3v) is 4.23. The number of para-hydroxylation sites is 1. The lowest BCUT2D eigenvalue weighted by molar-refractivity contribution is -0.145. The summed E-state index contributed by atoms with van der Waals surface area (Å²) in [6.07, 6.45) is 0. The lowest BCUT2D eigenvalue weighted by Crippen LogP contribution is -2.14. The van der Waals surface area contributed by atoms with Gasteiger partial charge in [-0.25, -0.2) is 9.78 Å². The molecule has 1 N–H and O–H groups in total. The van der Waals surface area contributed by atoms with Crippen molar-refractivity contribution in [2.24, 2.45) is 0 Å². The van der Waals surface area contributed by atoms with Gasteiger partial charge in [-0.15, -0.1) is 11.3 Å². The largest absolute Gasteiger partial charge is 0.507 e. The normalized spacial score (nSPS) is 10.7. The summed E-state index contributed by atoms with van der Waals surface area (Å²) in [5, 5.41) is 10.9. The van der Waals surface area contributed by atoms with E-state index in [4.69, 9.17) is 9.47 Å². The van der Waals surface area contributed by atoms with Crippen LogP contribution in [0.3, 0.4) is 0 Å². The predicted molar refractivity (Wildman–Crippen MR) is 88.8 cm³/mol. The van der Waals surface area contributed by atoms with Crippen molar-refractivity contribution in [2.45, 2.75) is 6.92 Å². The topological polar surface area (TPSA) is 68.7 Å². The number of fused-ring (bicyclic) bond motifs is 1. The van der Waals surface area contributed by atoms with Crippen LogP contribution in [0.25, 0.3) is 20.8 Å². The second-order valence-corrected chi connectivity index (χ2v) is 5.79. The molecule has 0 radical (unpaired) electrons. The number of hydrogen-bond acceptors (Lipinski definition) is 6. The van der Waals surface area contributed by atoms with Gasteiger partial charge in [0.15, 0.2) is 6.61 Å². The van der Waals surface area contributed by atoms with Crippen LogP contribution in [0.4, 0.5) is 0 Å². The number of phenolic OH excluding ortho intramolecular Hbond substituents is 1. The minimum atomic E-state index is -0.442. The van der Waals surface area contributed by atoms with Crippen LogP contribution >= 0.6 is 11.3 Å². The van der Waals surface area contributed by atoms with E-state index in [1.54, 1.807) is 19.1 Å². The van der Waals surface area contributed by atoms with Gasteiger partial charge in [-0.1, -0.05) is 12.1 Å². The molecule has 1 aromatic heterocycles. The Bertz CT molecular complexity index is 810. The number of rotatable bonds is 5. The molecule has 3 aromatic rings. The van der Waals surface area contributed by atoms with Crippen molar-refractivity contribution in [3.05, 3.63) is 42.5 Å². The standard InChI is InChI=1S/C17H15NO4S/c1-2-21-16(20)10-22-11-7-8-12(14(19)9-11)17-18-13-5-3-4-6-15(13)23-17/h3-9,19H,2,10H2,1H3. The molecule has 0 amide bonds. The zero-order valence-electron chi connectivity index (χ0n) is 12.5. The molecule has 0 aliphatic rings. The quantitative estimate of drug-likeness (QED) is 0.724. The first-order valence-electron chi connectivity index (χ1n) is 7.14. The second kappa shape index (κ2) is 6.66. The highest BCUT2D eigenvalue weighted by atomic mass is 32.1. The Labute approximate surface area is 137 Å². The van der Waals surface area contributed by atoms with Crippen molar-refractivity contribution in [1.82, 2.24) is 4.98 Å². The highest BCUT2D eigenvalue weighted by molar-refractivity contribution is 7.21. The Morgan fingerprint density at radius 3 is 2.83 bits per heavy atom. The van der Waals surface area contributed by atoms with Crippen LogP contribution in [0.5, 0.6) is 11.5 Å². The van der Waals surface area contributed by atoms with E-state index >= 15 is 0 Å². The fourth-order valence-corrected chi connectivity index (χ4v) is 3.11. The third kappa shape index (κ3) is 3.43. The molecule has 5 nitrogen and oxygen atoms in total. The molecule has 2 aromatic carbocycles. The number of aromatic nitrogens is 1. The van der Waals surface area contributed by atoms with Crippen molar-refractivity contribution in [2.75, 3.05) is 13.2 Å². The molecule has 0 aliphatic heterocycles. The maximum Gasteiger partial charge on any atom is 0.344 e. The average molecular weight is 329 g/mol. The van der Waals surface area contributed by atoms with Crippen molar-refractivity contribution in [3.63, 3.8) is 0 Å². The van der Waals surface area contributed by atoms with E-state index in [0.29, 0.717) is 17.9 Å². The van der Waals surface area contributed by atoms with Crippen LogP contribution in [0, 0.1) is 0 Å². The number of ether oxygens (including phenoxy) is 2. The van der Waals surface area contributed by atoms with E-state index in [9.17, 15) is 9.90 Å². The van der Waals surface area contributed by atoms with Crippen LogP contribution in [-0.2, 0) is 9.53 Å². The zero-order valence-corrected chi connectivity index (χ0v) is 13.3. The average Bonchev–Trinajstić information content (AvgIpc) is 2.97. The molecule has 0 aliphatic carbocycles. The first-order valence-corrected chi connectivity index (χ1v) is 7.96. The van der Waals surface area contributed by atoms with Gasteiger partial charge in [-0.3, -0.25) is 0 Å². The van der Waals surface area contributed by atoms with Gasteiger partial charge in [0, 0.05) is 6.07 Å². The van der Waals surface area contributed by atoms with Crippen LogP contribution in [0.15, 0.2) is 42.5 Å². The van der Waals surface area contributed by atoms with Crippen LogP contribution in [-0.4, -0.2) is 29.3 Å². The molecule has 3 rings (SSSR count). The summed E-state index contributed by atoms with van der Waals surface area (Å²) in [7, 11) is 0. The van der Waals surface area contributed by atoms with E-state index < -0.39 is 5.97 Å². The maximum atomic E-state index is 11.3. The molecule has 0 unspecified atom stereocenters. The van der Waals surface area contributed by atoms with E-state index in [-0.39, 0.29) is 12.4 Å². The Hall–Kier alpha value is -2.60. The van der Waals surface area contributed by atoms with Gasteiger partial charge in [-0.2, -0.15) is 0 Å². The van der Waals surface area contributed by atoms with E-state index in [0.717, 1.165) is 15.2 Å². The first-order chi connectivity index (χ1) is 11.2. The summed E-state index contributed by atoms with van der Waals surface area (Å²) in [5.74, 6) is 0.0214. The van der Waals surface area contributed by atoms with Crippen LogP contribution < -0.4 is 4.74 Å². The van der Waals surface area contributed by atoms with Gasteiger partial charge in [0.25, 0.3) is 0 Å². The summed E-state index contributed by atoms with van der Waals surface area (Å²) >= 11 is 1.51. The molecular formula is C17H15NO4S. The maximum absolute atomic E-state index is 11.3. The highest BCUT2D eigenvalue weighted by Gasteiger charge is 2.12. The molecule has 1 heterocycles. The number of carbonyl (C=O) groups excluding carboxylic acids is 1. The zero-order chi connectivity index (χ0) is 16.2. The van der Waals surface area contributed by atoms with Crippen LogP contribution in [0.1, 0.15) is 6.92 Å². The summed E-state index contributed by atoms with van der Waals surface area (Å²) in [5.41, 5.74) is 1.53. The molecule has 0 saturated heterocycles. The van der Waals surface area contributed by atoms with Gasteiger partial charge in [0.1, 0.15) is 16.5 Å². The molecule has 118 valence electrons. The number of thiazole rings is 1. The second-order valence-electron chi connectivity index (χ2n) is 4.76. The summed E-state index contributed by atoms with van der Waals surface area (Å²) in [6.45, 7) is 1.86. The minimum Gasteiger partial charge on any atom is -0.507 e. The number of esters is 1. The Balaban J connectivity index is 1.80. The monoisotopic (exact) mass is 329 g/mol. The summed E-state index contributed by atoms with van der Waals surface area (Å²) in [4.78, 5) is 15.8. The Kier molecular flexibility index (Phi) is 4.43. The van der Waals surface area contributed by atoms with Crippen LogP contribution in [0.2, 0.25) is 0 Å². The third-order valence-electron chi connectivity index (χ3n) is 3.16. The summed E-state index contributed by atoms with van der Waals surface area (Å²) < 4.78 is 11.1. The molecular weight excluding hydrogens is 314 g/mol. The van der Waals surface area contributed by atoms with E-state index in [2.05, 4.69) is 4.98 Å². The van der Waals surface area contributed by atoms with Crippen molar-refractivity contribution >= 4 is 27.5 Å². The number of benzene rings is 2. The fourth-order valence-electron chi connectivity index (χ4n) is 2.11. The molecule has 0 spiro atoms. The Morgan fingerprint density at radius 2 is 2.09 bits per heavy atom. The van der Waals surface area contributed by atoms with Gasteiger partial charge in [-0.05, 0) is 31.2 Å². The number of phenols is 1. The Morgan fingerprint density at radius 1 is 1.26 bits per heavy atom. The van der Waals surface area contributed by atoms with E-state index in [1.165, 1.54) is 17.4 Å². The summed E-state index contributed by atoms with van der Waals surface area (Å²) in [6, 6.07) is 12.7. The molecule has 0 fully saturated rings. The van der Waals surface area contributed by atoms with E-state index in [1.807, 2.05) is 24.3 Å². The van der Waals surface area contributed by atoms with Crippen molar-refractivity contribution < 1.29 is 19.4 Å². The number of carbonyl (C=O) groups is 1. The lowest BCUT2D eigenvalue weighted by Gasteiger charge is -2.07. The molecule has 0 atom stereocenters. The smallest absolute Gasteiger partial charge is 0.344 e. The predicted octanol–water partition coefficient (Wildman–Crippen LogP) is 3.61. The molecule has 6 heteroatoms. The first kappa shape index (κ1) is 15.3. The number of aromatic hydroxyl groups is 1. The molecule has 0 saturated carbocycles. The number of nitrogens with zero attached hydrogens (tertiary/aromatic N) is 1. The van der Waals surface area contributed by atoms with Gasteiger partial charge in [0.2, 0.25) is 0 Å². The van der Waals surface area contributed by atoms with Gasteiger partial charge < -0.3 is 14.6 Å². The van der Waals surface area contributed by atoms with Crippen molar-refractivity contribution in [1.29, 1.82) is 0 Å². The minimum absolute atomic E-state index is 0.0606. The van der Waals surface area contributed by atoms with Gasteiger partial charge >= 0.3 is 5.97 Å². The number of hydrogen-bond donors (Lipinski definition) is 1. The van der Waals surface area contributed by atoms with Gasteiger partial charge in [0.05, 0.1) is 22.4 Å². The highest BCUT2D eigenvalue weighted by Crippen LogP contribution is 2.36. The van der Waals surface area contributed by atoms with Crippen molar-refractivity contribution in [3.8, 4) is 22.1 Å². The lowest BCUT2D eigenvalue weighted by atomic mass is 10.2. The SMILES string of the molecule is CCOC(=O)COc1ccc(-c2nc3ccccc3s2)c(O)c1.